The van der Waals surface area contributed by atoms with Crippen molar-refractivity contribution in [3.05, 3.63) is 105 Å². The first-order valence-electron chi connectivity index (χ1n) is 9.28. The van der Waals surface area contributed by atoms with Crippen LogP contribution in [0, 0.1) is 13.8 Å². The molecule has 0 aliphatic heterocycles. The summed E-state index contributed by atoms with van der Waals surface area (Å²) >= 11 is 3.40. The summed E-state index contributed by atoms with van der Waals surface area (Å²) in [5.74, 6) is -0.606. The van der Waals surface area contributed by atoms with E-state index in [0.717, 1.165) is 21.2 Å². The molecule has 0 atom stereocenters. The fraction of sp³-hybridized carbons (Fsp3) is 0.167. The van der Waals surface area contributed by atoms with E-state index in [1.54, 1.807) is 12.1 Å². The van der Waals surface area contributed by atoms with E-state index in [1.165, 1.54) is 0 Å². The maximum atomic E-state index is 13.2. The zero-order valence-electron chi connectivity index (χ0n) is 16.6. The van der Waals surface area contributed by atoms with Crippen molar-refractivity contribution >= 4 is 27.5 Å². The first-order valence-corrected chi connectivity index (χ1v) is 10.1. The summed E-state index contributed by atoms with van der Waals surface area (Å²) in [6, 6.07) is 22.3. The molecule has 0 unspecified atom stereocenters. The third-order valence-corrected chi connectivity index (χ3v) is 5.32. The van der Waals surface area contributed by atoms with Crippen LogP contribution in [0.15, 0.2) is 82.4 Å². The molecule has 0 fully saturated rings. The van der Waals surface area contributed by atoms with Crippen molar-refractivity contribution in [3.8, 4) is 0 Å². The Hall–Kier alpha value is -2.76. The summed E-state index contributed by atoms with van der Waals surface area (Å²) in [4.78, 5) is 13.2. The largest absolute Gasteiger partial charge is 0.372 e. The summed E-state index contributed by atoms with van der Waals surface area (Å²) in [7, 11) is 0. The first-order chi connectivity index (χ1) is 13.8. The predicted molar refractivity (Wildman–Crippen MR) is 120 cm³/mol. The van der Waals surface area contributed by atoms with E-state index in [4.69, 9.17) is 0 Å². The Morgan fingerprint density at radius 3 is 1.93 bits per heavy atom. The Morgan fingerprint density at radius 2 is 1.45 bits per heavy atom. The van der Waals surface area contributed by atoms with Gasteiger partial charge in [0.05, 0.1) is 5.71 Å². The minimum absolute atomic E-state index is 0.497. The highest BCUT2D eigenvalue weighted by Gasteiger charge is 2.40. The topological polar surface area (TPSA) is 61.7 Å². The van der Waals surface area contributed by atoms with Gasteiger partial charge in [-0.3, -0.25) is 4.79 Å². The normalized spacial score (nSPS) is 12.0. The van der Waals surface area contributed by atoms with Crippen LogP contribution in [-0.4, -0.2) is 16.7 Å². The number of benzene rings is 3. The van der Waals surface area contributed by atoms with Crippen LogP contribution in [0.1, 0.15) is 34.7 Å². The van der Waals surface area contributed by atoms with Crippen LogP contribution >= 0.6 is 15.9 Å². The van der Waals surface area contributed by atoms with Gasteiger partial charge in [-0.25, -0.2) is 5.43 Å². The summed E-state index contributed by atoms with van der Waals surface area (Å²) in [5, 5.41) is 15.8. The van der Waals surface area contributed by atoms with E-state index < -0.39 is 11.5 Å². The number of nitrogens with zero attached hydrogens (tertiary/aromatic N) is 1. The zero-order valence-corrected chi connectivity index (χ0v) is 18.2. The van der Waals surface area contributed by atoms with Crippen LogP contribution in [0.5, 0.6) is 0 Å². The molecular formula is C24H23BrN2O2. The van der Waals surface area contributed by atoms with E-state index in [0.29, 0.717) is 16.8 Å². The average molecular weight is 451 g/mol. The van der Waals surface area contributed by atoms with Crippen molar-refractivity contribution in [2.24, 2.45) is 5.10 Å². The molecule has 0 aromatic heterocycles. The second-order valence-corrected chi connectivity index (χ2v) is 8.01. The molecule has 3 aromatic carbocycles. The molecule has 3 rings (SSSR count). The summed E-state index contributed by atoms with van der Waals surface area (Å²) < 4.78 is 0.964. The van der Waals surface area contributed by atoms with E-state index >= 15 is 0 Å². The number of halogens is 1. The number of amides is 1. The highest BCUT2D eigenvalue weighted by Crippen LogP contribution is 2.31. The highest BCUT2D eigenvalue weighted by molar-refractivity contribution is 9.10. The number of hydrazone groups is 1. The molecule has 0 heterocycles. The van der Waals surface area contributed by atoms with Gasteiger partial charge in [-0.15, -0.1) is 0 Å². The number of carbonyl (C=O) groups excluding carboxylic acids is 1. The van der Waals surface area contributed by atoms with Gasteiger partial charge in [0.2, 0.25) is 0 Å². The first kappa shape index (κ1) is 21.0. The predicted octanol–water partition coefficient (Wildman–Crippen LogP) is 4.84. The van der Waals surface area contributed by atoms with Crippen molar-refractivity contribution in [2.75, 3.05) is 0 Å². The van der Waals surface area contributed by atoms with Crippen molar-refractivity contribution in [2.45, 2.75) is 26.4 Å². The van der Waals surface area contributed by atoms with Crippen molar-refractivity contribution in [1.82, 2.24) is 5.43 Å². The lowest BCUT2D eigenvalue weighted by molar-refractivity contribution is -0.136. The molecule has 0 aliphatic rings. The maximum Gasteiger partial charge on any atom is 0.281 e. The monoisotopic (exact) mass is 450 g/mol. The van der Waals surface area contributed by atoms with Gasteiger partial charge in [0.25, 0.3) is 5.91 Å². The number of aliphatic hydroxyl groups is 1. The molecular weight excluding hydrogens is 428 g/mol. The lowest BCUT2D eigenvalue weighted by Gasteiger charge is -2.28. The molecule has 4 nitrogen and oxygen atoms in total. The molecule has 0 aliphatic carbocycles. The van der Waals surface area contributed by atoms with Crippen LogP contribution in [0.2, 0.25) is 0 Å². The molecule has 5 heteroatoms. The third-order valence-electron chi connectivity index (χ3n) is 4.79. The molecule has 0 spiro atoms. The fourth-order valence-electron chi connectivity index (χ4n) is 3.14. The molecule has 0 radical (unpaired) electrons. The van der Waals surface area contributed by atoms with E-state index in [-0.39, 0.29) is 0 Å². The highest BCUT2D eigenvalue weighted by atomic mass is 79.9. The van der Waals surface area contributed by atoms with Gasteiger partial charge in [-0.1, -0.05) is 87.7 Å². The summed E-state index contributed by atoms with van der Waals surface area (Å²) in [6.45, 7) is 5.66. The van der Waals surface area contributed by atoms with Gasteiger partial charge in [0.15, 0.2) is 5.60 Å². The molecule has 3 aromatic rings. The van der Waals surface area contributed by atoms with Crippen molar-refractivity contribution < 1.29 is 9.90 Å². The Labute approximate surface area is 179 Å². The minimum atomic E-state index is -1.86. The molecule has 0 saturated carbocycles. The van der Waals surface area contributed by atoms with Crippen LogP contribution in [0.4, 0.5) is 0 Å². The van der Waals surface area contributed by atoms with E-state index in [2.05, 4.69) is 26.5 Å². The van der Waals surface area contributed by atoms with Gasteiger partial charge in [-0.2, -0.15) is 5.10 Å². The minimum Gasteiger partial charge on any atom is -0.372 e. The lowest BCUT2D eigenvalue weighted by Crippen LogP contribution is -2.44. The number of carbonyl (C=O) groups is 1. The number of nitrogens with one attached hydrogen (secondary N) is 1. The number of hydrogen-bond donors (Lipinski definition) is 2. The van der Waals surface area contributed by atoms with E-state index in [9.17, 15) is 9.90 Å². The Balaban J connectivity index is 1.99. The fourth-order valence-corrected chi connectivity index (χ4v) is 3.40. The van der Waals surface area contributed by atoms with Crippen molar-refractivity contribution in [1.29, 1.82) is 0 Å². The van der Waals surface area contributed by atoms with Gasteiger partial charge in [0.1, 0.15) is 0 Å². The van der Waals surface area contributed by atoms with E-state index in [1.807, 2.05) is 81.4 Å². The molecule has 148 valence electrons. The second-order valence-electron chi connectivity index (χ2n) is 7.09. The lowest BCUT2D eigenvalue weighted by atomic mass is 9.84. The van der Waals surface area contributed by atoms with Crippen LogP contribution < -0.4 is 5.43 Å². The summed E-state index contributed by atoms with van der Waals surface area (Å²) in [5.41, 5.74) is 5.12. The standard InChI is InChI=1S/C24H23BrN2O2/c1-16-6-4-8-20(14-16)24(29,21-9-5-7-17(2)15-21)23(28)27-26-18(3)19-10-12-22(25)13-11-19/h4-15,29H,1-3H3,(H,27,28)/b26-18-. The average Bonchev–Trinajstić information content (AvgIpc) is 2.71. The Bertz CT molecular complexity index is 1010. The smallest absolute Gasteiger partial charge is 0.281 e. The molecule has 1 amide bonds. The zero-order chi connectivity index (χ0) is 21.0. The summed E-state index contributed by atoms with van der Waals surface area (Å²) in [6.07, 6.45) is 0. The number of hydrogen-bond acceptors (Lipinski definition) is 3. The van der Waals surface area contributed by atoms with Gasteiger partial charge < -0.3 is 5.11 Å². The molecule has 29 heavy (non-hydrogen) atoms. The Kier molecular flexibility index (Phi) is 6.30. The Morgan fingerprint density at radius 1 is 0.931 bits per heavy atom. The van der Waals surface area contributed by atoms with Gasteiger partial charge in [-0.05, 0) is 49.6 Å². The molecule has 2 N–H and O–H groups in total. The van der Waals surface area contributed by atoms with Crippen LogP contribution in [0.3, 0.4) is 0 Å². The number of aryl methyl sites for hydroxylation is 2. The SMILES string of the molecule is C/C(=N/NC(=O)C(O)(c1cccc(C)c1)c1cccc(C)c1)c1ccc(Br)cc1. The van der Waals surface area contributed by atoms with Crippen LogP contribution in [0.25, 0.3) is 0 Å². The van der Waals surface area contributed by atoms with Crippen molar-refractivity contribution in [3.63, 3.8) is 0 Å². The molecule has 0 bridgehead atoms. The van der Waals surface area contributed by atoms with Gasteiger partial charge >= 0.3 is 0 Å². The second kappa shape index (κ2) is 8.72. The number of rotatable bonds is 5. The molecule has 0 saturated heterocycles. The quantitative estimate of drug-likeness (QED) is 0.431. The third kappa shape index (κ3) is 4.63. The van der Waals surface area contributed by atoms with Gasteiger partial charge in [0, 0.05) is 4.47 Å². The van der Waals surface area contributed by atoms with Crippen LogP contribution in [-0.2, 0) is 10.4 Å². The maximum absolute atomic E-state index is 13.2.